The molecule has 37 heavy (non-hydrogen) atoms. The van der Waals surface area contributed by atoms with Crippen molar-refractivity contribution >= 4 is 28.9 Å². The molecule has 1 saturated heterocycles. The predicted molar refractivity (Wildman–Crippen MR) is 140 cm³/mol. The quantitative estimate of drug-likeness (QED) is 0.410. The molecule has 0 aliphatic carbocycles. The monoisotopic (exact) mass is 494 g/mol. The zero-order chi connectivity index (χ0) is 25.5. The number of ether oxygens (including phenoxy) is 1. The lowest BCUT2D eigenvalue weighted by Crippen LogP contribution is -2.61. The summed E-state index contributed by atoms with van der Waals surface area (Å²) in [7, 11) is 0. The van der Waals surface area contributed by atoms with Crippen LogP contribution in [0, 0.1) is 0 Å². The summed E-state index contributed by atoms with van der Waals surface area (Å²) < 4.78 is 5.44. The van der Waals surface area contributed by atoms with Crippen molar-refractivity contribution in [3.63, 3.8) is 0 Å². The highest BCUT2D eigenvalue weighted by molar-refractivity contribution is 5.98. The molecule has 2 aliphatic heterocycles. The van der Waals surface area contributed by atoms with Gasteiger partial charge in [-0.25, -0.2) is 5.01 Å². The molecule has 3 aromatic carbocycles. The Kier molecular flexibility index (Phi) is 5.64. The number of aromatic nitrogens is 1. The van der Waals surface area contributed by atoms with E-state index in [1.165, 1.54) is 17.3 Å². The second kappa shape index (κ2) is 9.13. The third-order valence-electron chi connectivity index (χ3n) is 6.99. The Morgan fingerprint density at radius 2 is 1.86 bits per heavy atom. The average Bonchev–Trinajstić information content (AvgIpc) is 3.29. The van der Waals surface area contributed by atoms with Gasteiger partial charge in [-0.1, -0.05) is 48.5 Å². The molecular weight excluding hydrogens is 468 g/mol. The van der Waals surface area contributed by atoms with E-state index in [0.717, 1.165) is 27.7 Å². The summed E-state index contributed by atoms with van der Waals surface area (Å²) in [5, 5.41) is 16.6. The summed E-state index contributed by atoms with van der Waals surface area (Å²) in [5.74, 6) is -0.0248. The summed E-state index contributed by atoms with van der Waals surface area (Å²) in [6.07, 6.45) is 1.92. The molecule has 6 rings (SSSR count). The number of hydrogen-bond acceptors (Lipinski definition) is 5. The van der Waals surface area contributed by atoms with Crippen LogP contribution < -0.4 is 4.74 Å². The van der Waals surface area contributed by atoms with Crippen molar-refractivity contribution in [1.82, 2.24) is 14.9 Å². The molecular formula is C29H26N4O4. The number of rotatable bonds is 5. The molecule has 0 unspecified atom stereocenters. The van der Waals surface area contributed by atoms with Crippen LogP contribution in [-0.4, -0.2) is 57.2 Å². The molecule has 0 bridgehead atoms. The van der Waals surface area contributed by atoms with Crippen LogP contribution in [0.5, 0.6) is 11.5 Å². The third kappa shape index (κ3) is 3.91. The van der Waals surface area contributed by atoms with Crippen molar-refractivity contribution < 1.29 is 19.4 Å². The minimum Gasteiger partial charge on any atom is -0.504 e. The number of nitrogens with one attached hydrogen (secondary N) is 1. The van der Waals surface area contributed by atoms with E-state index in [1.807, 2.05) is 61.5 Å². The minimum absolute atomic E-state index is 0.0301. The van der Waals surface area contributed by atoms with Gasteiger partial charge < -0.3 is 19.7 Å². The average molecular weight is 495 g/mol. The Bertz CT molecular complexity index is 1530. The maximum Gasteiger partial charge on any atom is 0.266 e. The maximum atomic E-state index is 13.7. The second-order valence-corrected chi connectivity index (χ2v) is 9.20. The van der Waals surface area contributed by atoms with Gasteiger partial charge in [0, 0.05) is 23.0 Å². The number of phenolic OH excluding ortho intramolecular Hbond substituents is 1. The van der Waals surface area contributed by atoms with Gasteiger partial charge in [0.25, 0.3) is 5.91 Å². The lowest BCUT2D eigenvalue weighted by atomic mass is 9.86. The lowest BCUT2D eigenvalue weighted by molar-refractivity contribution is -0.158. The zero-order valence-corrected chi connectivity index (χ0v) is 20.3. The molecule has 1 aromatic heterocycles. The fourth-order valence-corrected chi connectivity index (χ4v) is 5.35. The molecule has 2 amide bonds. The summed E-state index contributed by atoms with van der Waals surface area (Å²) in [5.41, 5.74) is 4.59. The van der Waals surface area contributed by atoms with Gasteiger partial charge in [0.1, 0.15) is 12.6 Å². The van der Waals surface area contributed by atoms with E-state index in [1.54, 1.807) is 17.0 Å². The van der Waals surface area contributed by atoms with E-state index in [-0.39, 0.29) is 24.1 Å². The van der Waals surface area contributed by atoms with Crippen LogP contribution in [0.2, 0.25) is 0 Å². The molecule has 8 nitrogen and oxygen atoms in total. The van der Waals surface area contributed by atoms with Crippen LogP contribution in [0.4, 0.5) is 0 Å². The van der Waals surface area contributed by atoms with Gasteiger partial charge in [-0.3, -0.25) is 9.59 Å². The highest BCUT2D eigenvalue weighted by atomic mass is 16.5. The first-order valence-electron chi connectivity index (χ1n) is 12.3. The smallest absolute Gasteiger partial charge is 0.266 e. The molecule has 2 atom stereocenters. The van der Waals surface area contributed by atoms with Crippen molar-refractivity contribution in [2.75, 3.05) is 13.2 Å². The maximum absolute atomic E-state index is 13.7. The summed E-state index contributed by atoms with van der Waals surface area (Å²) in [6, 6.07) is 21.6. The molecule has 8 heteroatoms. The Morgan fingerprint density at radius 1 is 1.08 bits per heavy atom. The number of amides is 2. The van der Waals surface area contributed by atoms with Crippen LogP contribution in [0.15, 0.2) is 77.9 Å². The summed E-state index contributed by atoms with van der Waals surface area (Å²) in [4.78, 5) is 32.6. The Balaban J connectivity index is 1.37. The van der Waals surface area contributed by atoms with Gasteiger partial charge in [0.15, 0.2) is 11.5 Å². The molecule has 0 spiro atoms. The molecule has 0 radical (unpaired) electrons. The molecule has 3 heterocycles. The van der Waals surface area contributed by atoms with Crippen LogP contribution in [-0.2, 0) is 16.0 Å². The van der Waals surface area contributed by atoms with Gasteiger partial charge >= 0.3 is 0 Å². The number of carbonyl (C=O) groups excluding carboxylic acids is 2. The van der Waals surface area contributed by atoms with E-state index < -0.39 is 12.1 Å². The van der Waals surface area contributed by atoms with E-state index in [9.17, 15) is 14.7 Å². The van der Waals surface area contributed by atoms with Crippen molar-refractivity contribution in [2.45, 2.75) is 25.4 Å². The van der Waals surface area contributed by atoms with Gasteiger partial charge in [0.05, 0.1) is 18.9 Å². The highest BCUT2D eigenvalue weighted by Crippen LogP contribution is 2.42. The Hall–Kier alpha value is -4.59. The lowest BCUT2D eigenvalue weighted by Gasteiger charge is -2.45. The largest absolute Gasteiger partial charge is 0.504 e. The van der Waals surface area contributed by atoms with Gasteiger partial charge in [-0.15, -0.1) is 0 Å². The topological polar surface area (TPSA) is 98.2 Å². The number of hydrogen-bond donors (Lipinski definition) is 2. The van der Waals surface area contributed by atoms with Crippen molar-refractivity contribution in [3.05, 3.63) is 95.2 Å². The summed E-state index contributed by atoms with van der Waals surface area (Å²) in [6.45, 7) is 2.08. The molecule has 0 saturated carbocycles. The van der Waals surface area contributed by atoms with Crippen molar-refractivity contribution in [3.8, 4) is 11.5 Å². The number of H-pyrrole nitrogens is 1. The molecule has 2 N–H and O–H groups in total. The van der Waals surface area contributed by atoms with Gasteiger partial charge in [-0.2, -0.15) is 5.10 Å². The first-order chi connectivity index (χ1) is 18.0. The van der Waals surface area contributed by atoms with E-state index in [4.69, 9.17) is 4.74 Å². The number of piperazine rings is 1. The number of benzene rings is 3. The van der Waals surface area contributed by atoms with E-state index in [0.29, 0.717) is 24.3 Å². The fraction of sp³-hybridized carbons (Fsp3) is 0.207. The number of carbonyl (C=O) groups is 2. The number of fused-ring (bicyclic) bond motifs is 4. The number of nitrogens with zero attached hydrogens (tertiary/aromatic N) is 3. The number of aromatic hydroxyl groups is 1. The number of aromatic amines is 1. The SMILES string of the molecule is CCOc1cc(/C=N\N2CC(=O)N3[C@H](c4ccccc4)c4[nH]c5ccccc5c4C[C@H]3C2=O)ccc1O. The van der Waals surface area contributed by atoms with E-state index >= 15 is 0 Å². The van der Waals surface area contributed by atoms with Crippen LogP contribution in [0.3, 0.4) is 0 Å². The number of hydrazone groups is 1. The molecule has 4 aromatic rings. The van der Waals surface area contributed by atoms with Crippen LogP contribution in [0.1, 0.15) is 35.3 Å². The molecule has 1 fully saturated rings. The van der Waals surface area contributed by atoms with Crippen molar-refractivity contribution in [1.29, 1.82) is 0 Å². The second-order valence-electron chi connectivity index (χ2n) is 9.20. The Morgan fingerprint density at radius 3 is 2.68 bits per heavy atom. The molecule has 2 aliphatic rings. The Labute approximate surface area is 213 Å². The zero-order valence-electron chi connectivity index (χ0n) is 20.3. The third-order valence-corrected chi connectivity index (χ3v) is 6.99. The van der Waals surface area contributed by atoms with Crippen LogP contribution in [0.25, 0.3) is 10.9 Å². The van der Waals surface area contributed by atoms with Gasteiger partial charge in [-0.05, 0) is 47.9 Å². The highest BCUT2D eigenvalue weighted by Gasteiger charge is 2.48. The molecule has 186 valence electrons. The fourth-order valence-electron chi connectivity index (χ4n) is 5.35. The van der Waals surface area contributed by atoms with Crippen LogP contribution >= 0.6 is 0 Å². The number of phenols is 1. The van der Waals surface area contributed by atoms with E-state index in [2.05, 4.69) is 10.1 Å². The van der Waals surface area contributed by atoms with Gasteiger partial charge in [0.2, 0.25) is 5.91 Å². The first kappa shape index (κ1) is 22.8. The predicted octanol–water partition coefficient (Wildman–Crippen LogP) is 3.99. The number of para-hydroxylation sites is 1. The standard InChI is InChI=1S/C29H26N4O4/c1-2-37-25-14-18(12-13-24(25)34)16-30-32-17-26(35)33-23(29(32)36)15-21-20-10-6-7-11-22(20)31-27(21)28(33)19-8-4-3-5-9-19/h3-14,16,23,28,31,34H,2,15,17H2,1H3/b30-16-/t23-,28+/m0/s1. The van der Waals surface area contributed by atoms with Crippen molar-refractivity contribution in [2.24, 2.45) is 5.10 Å². The first-order valence-corrected chi connectivity index (χ1v) is 12.3. The minimum atomic E-state index is -0.672. The summed E-state index contributed by atoms with van der Waals surface area (Å²) >= 11 is 0. The normalized spacial score (nSPS) is 19.4.